The van der Waals surface area contributed by atoms with E-state index in [0.717, 1.165) is 31.5 Å². The Morgan fingerprint density at radius 2 is 1.95 bits per heavy atom. The normalized spacial score (nSPS) is 16.5. The van der Waals surface area contributed by atoms with E-state index in [9.17, 15) is 4.39 Å². The van der Waals surface area contributed by atoms with E-state index in [2.05, 4.69) is 20.4 Å². The van der Waals surface area contributed by atoms with E-state index < -0.39 is 0 Å². The number of halogens is 2. The Bertz CT molecular complexity index is 581. The van der Waals surface area contributed by atoms with Crippen LogP contribution in [0.15, 0.2) is 28.8 Å². The topological polar surface area (TPSA) is 54.2 Å². The van der Waals surface area contributed by atoms with Crippen molar-refractivity contribution in [3.8, 4) is 11.4 Å². The van der Waals surface area contributed by atoms with Crippen LogP contribution in [-0.4, -0.2) is 41.2 Å². The minimum absolute atomic E-state index is 0. The van der Waals surface area contributed by atoms with Crippen LogP contribution >= 0.6 is 12.4 Å². The van der Waals surface area contributed by atoms with Crippen LogP contribution in [-0.2, 0) is 6.54 Å². The van der Waals surface area contributed by atoms with Gasteiger partial charge in [0, 0.05) is 24.7 Å². The number of likely N-dealkylation sites (tertiary alicyclic amines) is 1. The van der Waals surface area contributed by atoms with Crippen LogP contribution in [0.4, 0.5) is 4.39 Å². The molecule has 0 bridgehead atoms. The third-order valence-corrected chi connectivity index (χ3v) is 3.93. The Morgan fingerprint density at radius 3 is 2.59 bits per heavy atom. The quantitative estimate of drug-likeness (QED) is 0.935. The highest BCUT2D eigenvalue weighted by Gasteiger charge is 2.20. The average molecular weight is 327 g/mol. The van der Waals surface area contributed by atoms with E-state index in [4.69, 9.17) is 4.52 Å². The van der Waals surface area contributed by atoms with Crippen LogP contribution in [0.25, 0.3) is 11.4 Å². The lowest BCUT2D eigenvalue weighted by Crippen LogP contribution is -2.40. The maximum Gasteiger partial charge on any atom is 0.241 e. The summed E-state index contributed by atoms with van der Waals surface area (Å²) < 4.78 is 18.2. The molecule has 0 radical (unpaired) electrons. The summed E-state index contributed by atoms with van der Waals surface area (Å²) >= 11 is 0. The van der Waals surface area contributed by atoms with Gasteiger partial charge in [-0.05, 0) is 44.2 Å². The van der Waals surface area contributed by atoms with Crippen molar-refractivity contribution in [1.29, 1.82) is 0 Å². The molecule has 1 aromatic heterocycles. The molecule has 2 heterocycles. The minimum Gasteiger partial charge on any atom is -0.338 e. The van der Waals surface area contributed by atoms with Crippen LogP contribution < -0.4 is 5.32 Å². The van der Waals surface area contributed by atoms with Gasteiger partial charge in [0.1, 0.15) is 5.82 Å². The second-order valence-electron chi connectivity index (χ2n) is 5.36. The summed E-state index contributed by atoms with van der Waals surface area (Å²) in [6.45, 7) is 2.73. The molecule has 120 valence electrons. The molecule has 1 aliphatic heterocycles. The van der Waals surface area contributed by atoms with Crippen molar-refractivity contribution in [2.75, 3.05) is 20.1 Å². The van der Waals surface area contributed by atoms with E-state index in [1.54, 1.807) is 12.1 Å². The van der Waals surface area contributed by atoms with E-state index in [1.807, 2.05) is 7.05 Å². The van der Waals surface area contributed by atoms with Gasteiger partial charge in [-0.2, -0.15) is 4.98 Å². The number of piperidine rings is 1. The zero-order valence-electron chi connectivity index (χ0n) is 12.5. The predicted octanol–water partition coefficient (Wildman–Crippen LogP) is 2.48. The standard InChI is InChI=1S/C15H19FN4O.ClH/c1-17-13-6-8-20(9-7-13)10-14-18-15(19-21-14)11-2-4-12(16)5-3-11;/h2-5,13,17H,6-10H2,1H3;1H. The van der Waals surface area contributed by atoms with E-state index >= 15 is 0 Å². The fraction of sp³-hybridized carbons (Fsp3) is 0.467. The summed E-state index contributed by atoms with van der Waals surface area (Å²) in [5.74, 6) is 0.849. The average Bonchev–Trinajstić information content (AvgIpc) is 2.97. The van der Waals surface area contributed by atoms with Gasteiger partial charge >= 0.3 is 0 Å². The fourth-order valence-electron chi connectivity index (χ4n) is 2.61. The van der Waals surface area contributed by atoms with E-state index in [-0.39, 0.29) is 18.2 Å². The third kappa shape index (κ3) is 4.03. The first kappa shape index (κ1) is 16.9. The molecule has 1 aliphatic rings. The third-order valence-electron chi connectivity index (χ3n) is 3.93. The molecule has 0 spiro atoms. The molecule has 22 heavy (non-hydrogen) atoms. The highest BCUT2D eigenvalue weighted by molar-refractivity contribution is 5.85. The second kappa shape index (κ2) is 7.67. The lowest BCUT2D eigenvalue weighted by Gasteiger charge is -2.30. The summed E-state index contributed by atoms with van der Waals surface area (Å²) in [4.78, 5) is 6.70. The maximum absolute atomic E-state index is 12.9. The Hall–Kier alpha value is -1.50. The van der Waals surface area contributed by atoms with Gasteiger partial charge in [0.15, 0.2) is 0 Å². The number of nitrogens with one attached hydrogen (secondary N) is 1. The lowest BCUT2D eigenvalue weighted by atomic mass is 10.1. The molecule has 0 unspecified atom stereocenters. The zero-order valence-corrected chi connectivity index (χ0v) is 13.3. The molecule has 3 rings (SSSR count). The van der Waals surface area contributed by atoms with Crippen molar-refractivity contribution >= 4 is 12.4 Å². The largest absolute Gasteiger partial charge is 0.338 e. The predicted molar refractivity (Wildman–Crippen MR) is 84.3 cm³/mol. The van der Waals surface area contributed by atoms with Gasteiger partial charge in [-0.15, -0.1) is 12.4 Å². The Kier molecular flexibility index (Phi) is 5.88. The van der Waals surface area contributed by atoms with Gasteiger partial charge in [-0.25, -0.2) is 4.39 Å². The number of hydrogen-bond donors (Lipinski definition) is 1. The van der Waals surface area contributed by atoms with Crippen LogP contribution in [0.1, 0.15) is 18.7 Å². The maximum atomic E-state index is 12.9. The second-order valence-corrected chi connectivity index (χ2v) is 5.36. The number of rotatable bonds is 4. The molecule has 2 aromatic rings. The number of aromatic nitrogens is 2. The number of hydrogen-bond acceptors (Lipinski definition) is 5. The minimum atomic E-state index is -0.269. The molecular weight excluding hydrogens is 307 g/mol. The highest BCUT2D eigenvalue weighted by Crippen LogP contribution is 2.18. The number of benzene rings is 1. The Labute approximate surface area is 135 Å². The van der Waals surface area contributed by atoms with Crippen molar-refractivity contribution in [2.24, 2.45) is 0 Å². The van der Waals surface area contributed by atoms with E-state index in [1.165, 1.54) is 12.1 Å². The van der Waals surface area contributed by atoms with Crippen LogP contribution in [0, 0.1) is 5.82 Å². The van der Waals surface area contributed by atoms with Crippen molar-refractivity contribution in [1.82, 2.24) is 20.4 Å². The van der Waals surface area contributed by atoms with Crippen LogP contribution in [0.3, 0.4) is 0 Å². The summed E-state index contributed by atoms with van der Waals surface area (Å²) in [6, 6.07) is 6.71. The molecule has 5 nitrogen and oxygen atoms in total. The van der Waals surface area contributed by atoms with Gasteiger partial charge < -0.3 is 9.84 Å². The van der Waals surface area contributed by atoms with Gasteiger partial charge in [-0.3, -0.25) is 4.90 Å². The zero-order chi connectivity index (χ0) is 14.7. The van der Waals surface area contributed by atoms with Crippen molar-refractivity contribution < 1.29 is 8.91 Å². The molecule has 1 fully saturated rings. The molecule has 0 aliphatic carbocycles. The molecule has 0 amide bonds. The Morgan fingerprint density at radius 1 is 1.27 bits per heavy atom. The summed E-state index contributed by atoms with van der Waals surface area (Å²) in [5.41, 5.74) is 0.764. The monoisotopic (exact) mass is 326 g/mol. The fourth-order valence-corrected chi connectivity index (χ4v) is 2.61. The lowest BCUT2D eigenvalue weighted by molar-refractivity contribution is 0.173. The van der Waals surface area contributed by atoms with Gasteiger partial charge in [0.05, 0.1) is 6.54 Å². The summed E-state index contributed by atoms with van der Waals surface area (Å²) in [7, 11) is 2.01. The van der Waals surface area contributed by atoms with Gasteiger partial charge in [-0.1, -0.05) is 5.16 Å². The molecule has 1 N–H and O–H groups in total. The smallest absolute Gasteiger partial charge is 0.241 e. The molecule has 1 aromatic carbocycles. The van der Waals surface area contributed by atoms with Crippen LogP contribution in [0.5, 0.6) is 0 Å². The summed E-state index contributed by atoms with van der Waals surface area (Å²) in [5, 5.41) is 7.27. The van der Waals surface area contributed by atoms with Crippen molar-refractivity contribution in [3.05, 3.63) is 36.0 Å². The van der Waals surface area contributed by atoms with Gasteiger partial charge in [0.2, 0.25) is 11.7 Å². The number of nitrogens with zero attached hydrogens (tertiary/aromatic N) is 3. The first-order chi connectivity index (χ1) is 10.2. The Balaban J connectivity index is 0.00000176. The SMILES string of the molecule is CNC1CCN(Cc2nc(-c3ccc(F)cc3)no2)CC1.Cl. The molecule has 0 saturated carbocycles. The van der Waals surface area contributed by atoms with Crippen LogP contribution in [0.2, 0.25) is 0 Å². The van der Waals surface area contributed by atoms with Crippen molar-refractivity contribution in [2.45, 2.75) is 25.4 Å². The summed E-state index contributed by atoms with van der Waals surface area (Å²) in [6.07, 6.45) is 2.27. The highest BCUT2D eigenvalue weighted by atomic mass is 35.5. The van der Waals surface area contributed by atoms with Gasteiger partial charge in [0.25, 0.3) is 0 Å². The first-order valence-electron chi connectivity index (χ1n) is 7.23. The van der Waals surface area contributed by atoms with Crippen molar-refractivity contribution in [3.63, 3.8) is 0 Å². The first-order valence-corrected chi connectivity index (χ1v) is 7.23. The molecular formula is C15H20ClFN4O. The molecule has 0 atom stereocenters. The molecule has 1 saturated heterocycles. The van der Waals surface area contributed by atoms with E-state index in [0.29, 0.717) is 24.3 Å². The molecule has 7 heteroatoms.